The van der Waals surface area contributed by atoms with Crippen LogP contribution in [0.4, 0.5) is 10.5 Å². The molecule has 0 atom stereocenters. The van der Waals surface area contributed by atoms with Gasteiger partial charge in [-0.1, -0.05) is 18.2 Å². The van der Waals surface area contributed by atoms with Crippen LogP contribution in [0.25, 0.3) is 0 Å². The third-order valence-corrected chi connectivity index (χ3v) is 3.92. The minimum atomic E-state index is -0.113. The Kier molecular flexibility index (Phi) is 4.89. The van der Waals surface area contributed by atoms with Gasteiger partial charge in [0.15, 0.2) is 11.5 Å². The number of rotatable bonds is 4. The summed E-state index contributed by atoms with van der Waals surface area (Å²) in [6, 6.07) is 13.5. The lowest BCUT2D eigenvalue weighted by molar-refractivity contribution is 0.171. The highest BCUT2D eigenvalue weighted by Gasteiger charge is 2.16. The van der Waals surface area contributed by atoms with Crippen molar-refractivity contribution in [3.63, 3.8) is 0 Å². The van der Waals surface area contributed by atoms with Crippen LogP contribution in [0.2, 0.25) is 0 Å². The molecule has 3 rings (SSSR count). The Labute approximate surface area is 142 Å². The lowest BCUT2D eigenvalue weighted by Crippen LogP contribution is -2.34. The Hall–Kier alpha value is -2.69. The van der Waals surface area contributed by atoms with Gasteiger partial charge in [-0.15, -0.1) is 0 Å². The van der Waals surface area contributed by atoms with E-state index in [1.165, 1.54) is 0 Å². The topological polar surface area (TPSA) is 50.8 Å². The number of nitrogens with one attached hydrogen (secondary N) is 1. The van der Waals surface area contributed by atoms with Crippen LogP contribution in [0.15, 0.2) is 42.5 Å². The van der Waals surface area contributed by atoms with Gasteiger partial charge < -0.3 is 19.7 Å². The maximum Gasteiger partial charge on any atom is 0.322 e. The monoisotopic (exact) mass is 326 g/mol. The van der Waals surface area contributed by atoms with E-state index < -0.39 is 0 Å². The first-order valence-corrected chi connectivity index (χ1v) is 8.17. The van der Waals surface area contributed by atoms with Crippen molar-refractivity contribution >= 4 is 11.7 Å². The molecule has 2 aromatic carbocycles. The number of anilines is 1. The fraction of sp³-hybridized carbons (Fsp3) is 0.316. The van der Waals surface area contributed by atoms with Crippen LogP contribution >= 0.6 is 0 Å². The summed E-state index contributed by atoms with van der Waals surface area (Å²) in [7, 11) is 0. The normalized spacial score (nSPS) is 12.6. The molecule has 0 radical (unpaired) electrons. The van der Waals surface area contributed by atoms with Crippen molar-refractivity contribution in [3.8, 4) is 11.5 Å². The lowest BCUT2D eigenvalue weighted by atomic mass is 10.2. The molecule has 0 aliphatic carbocycles. The number of benzene rings is 2. The van der Waals surface area contributed by atoms with Crippen molar-refractivity contribution in [2.75, 3.05) is 25.1 Å². The number of carbonyl (C=O) groups is 1. The molecule has 0 fully saturated rings. The SMILES string of the molecule is CCN(Cc1ccc2c(c1)OCCO2)C(=O)Nc1cccc(C)c1. The molecule has 2 aromatic rings. The van der Waals surface area contributed by atoms with Gasteiger partial charge in [-0.25, -0.2) is 4.79 Å². The van der Waals surface area contributed by atoms with Gasteiger partial charge in [0.2, 0.25) is 0 Å². The fourth-order valence-corrected chi connectivity index (χ4v) is 2.66. The first kappa shape index (κ1) is 16.2. The van der Waals surface area contributed by atoms with Crippen molar-refractivity contribution in [1.29, 1.82) is 0 Å². The summed E-state index contributed by atoms with van der Waals surface area (Å²) in [5.41, 5.74) is 2.93. The summed E-state index contributed by atoms with van der Waals surface area (Å²) in [6.45, 7) is 6.24. The number of nitrogens with zero attached hydrogens (tertiary/aromatic N) is 1. The van der Waals surface area contributed by atoms with Crippen LogP contribution < -0.4 is 14.8 Å². The average Bonchev–Trinajstić information content (AvgIpc) is 2.59. The Balaban J connectivity index is 1.68. The Morgan fingerprint density at radius 1 is 1.12 bits per heavy atom. The highest BCUT2D eigenvalue weighted by molar-refractivity contribution is 5.89. The maximum absolute atomic E-state index is 12.5. The predicted octanol–water partition coefficient (Wildman–Crippen LogP) is 3.82. The van der Waals surface area contributed by atoms with Gasteiger partial charge in [0.25, 0.3) is 0 Å². The quantitative estimate of drug-likeness (QED) is 0.929. The molecule has 1 N–H and O–H groups in total. The van der Waals surface area contributed by atoms with Crippen LogP contribution in [-0.4, -0.2) is 30.7 Å². The number of hydrogen-bond donors (Lipinski definition) is 1. The van der Waals surface area contributed by atoms with Crippen LogP contribution in [-0.2, 0) is 6.54 Å². The van der Waals surface area contributed by atoms with Crippen molar-refractivity contribution < 1.29 is 14.3 Å². The molecule has 0 saturated heterocycles. The van der Waals surface area contributed by atoms with E-state index in [-0.39, 0.29) is 6.03 Å². The number of fused-ring (bicyclic) bond motifs is 1. The smallest absolute Gasteiger partial charge is 0.322 e. The number of aryl methyl sites for hydroxylation is 1. The van der Waals surface area contributed by atoms with Crippen molar-refractivity contribution in [2.45, 2.75) is 20.4 Å². The van der Waals surface area contributed by atoms with Gasteiger partial charge >= 0.3 is 6.03 Å². The second-order valence-electron chi connectivity index (χ2n) is 5.79. The number of hydrogen-bond acceptors (Lipinski definition) is 3. The molecule has 1 aliphatic heterocycles. The summed E-state index contributed by atoms with van der Waals surface area (Å²) in [6.07, 6.45) is 0. The molecule has 126 valence electrons. The van der Waals surface area contributed by atoms with Crippen LogP contribution in [0.1, 0.15) is 18.1 Å². The number of carbonyl (C=O) groups excluding carboxylic acids is 1. The third kappa shape index (κ3) is 3.79. The molecule has 0 aromatic heterocycles. The van der Waals surface area contributed by atoms with Gasteiger partial charge in [-0.2, -0.15) is 0 Å². The molecule has 1 aliphatic rings. The Morgan fingerprint density at radius 3 is 2.67 bits per heavy atom. The molecule has 0 spiro atoms. The van der Waals surface area contributed by atoms with Gasteiger partial charge in [-0.05, 0) is 49.2 Å². The summed E-state index contributed by atoms with van der Waals surface area (Å²) < 4.78 is 11.1. The summed E-state index contributed by atoms with van der Waals surface area (Å²) >= 11 is 0. The third-order valence-electron chi connectivity index (χ3n) is 3.92. The highest BCUT2D eigenvalue weighted by atomic mass is 16.6. The number of urea groups is 1. The van der Waals surface area contributed by atoms with E-state index in [9.17, 15) is 4.79 Å². The molecule has 0 unspecified atom stereocenters. The minimum absolute atomic E-state index is 0.113. The molecule has 5 nitrogen and oxygen atoms in total. The summed E-state index contributed by atoms with van der Waals surface area (Å²) in [4.78, 5) is 14.3. The molecular weight excluding hydrogens is 304 g/mol. The minimum Gasteiger partial charge on any atom is -0.486 e. The Bertz CT molecular complexity index is 730. The molecule has 24 heavy (non-hydrogen) atoms. The van der Waals surface area contributed by atoms with Crippen LogP contribution in [0.5, 0.6) is 11.5 Å². The Morgan fingerprint density at radius 2 is 1.92 bits per heavy atom. The number of amides is 2. The van der Waals surface area contributed by atoms with Crippen molar-refractivity contribution in [1.82, 2.24) is 4.90 Å². The second kappa shape index (κ2) is 7.25. The maximum atomic E-state index is 12.5. The predicted molar refractivity (Wildman–Crippen MR) is 93.7 cm³/mol. The molecule has 0 saturated carbocycles. The van der Waals surface area contributed by atoms with Gasteiger partial charge in [0.05, 0.1) is 0 Å². The molecule has 1 heterocycles. The molecule has 2 amide bonds. The zero-order valence-corrected chi connectivity index (χ0v) is 14.0. The van der Waals surface area contributed by atoms with Crippen LogP contribution in [0.3, 0.4) is 0 Å². The summed E-state index contributed by atoms with van der Waals surface area (Å²) in [5.74, 6) is 1.51. The molecular formula is C19H22N2O3. The standard InChI is InChI=1S/C19H22N2O3/c1-3-21(19(22)20-16-6-4-5-14(2)11-16)13-15-7-8-17-18(12-15)24-10-9-23-17/h4-8,11-12H,3,9-10,13H2,1-2H3,(H,20,22). The zero-order valence-electron chi connectivity index (χ0n) is 14.0. The van der Waals surface area contributed by atoms with Gasteiger partial charge in [0, 0.05) is 18.8 Å². The lowest BCUT2D eigenvalue weighted by Gasteiger charge is -2.23. The van der Waals surface area contributed by atoms with Crippen LogP contribution in [0, 0.1) is 6.92 Å². The van der Waals surface area contributed by atoms with E-state index in [0.29, 0.717) is 26.3 Å². The second-order valence-corrected chi connectivity index (χ2v) is 5.79. The first-order chi connectivity index (χ1) is 11.7. The van der Waals surface area contributed by atoms with E-state index in [1.54, 1.807) is 4.90 Å². The zero-order chi connectivity index (χ0) is 16.9. The van der Waals surface area contributed by atoms with E-state index in [0.717, 1.165) is 28.3 Å². The molecule has 0 bridgehead atoms. The largest absolute Gasteiger partial charge is 0.486 e. The highest BCUT2D eigenvalue weighted by Crippen LogP contribution is 2.31. The average molecular weight is 326 g/mol. The summed E-state index contributed by atoms with van der Waals surface area (Å²) in [5, 5.41) is 2.95. The van der Waals surface area contributed by atoms with E-state index in [4.69, 9.17) is 9.47 Å². The van der Waals surface area contributed by atoms with Crippen molar-refractivity contribution in [3.05, 3.63) is 53.6 Å². The van der Waals surface area contributed by atoms with E-state index in [2.05, 4.69) is 5.32 Å². The van der Waals surface area contributed by atoms with Gasteiger partial charge in [-0.3, -0.25) is 0 Å². The number of ether oxygens (including phenoxy) is 2. The fourth-order valence-electron chi connectivity index (χ4n) is 2.66. The van der Waals surface area contributed by atoms with E-state index in [1.807, 2.05) is 56.3 Å². The van der Waals surface area contributed by atoms with E-state index >= 15 is 0 Å². The van der Waals surface area contributed by atoms with Gasteiger partial charge in [0.1, 0.15) is 13.2 Å². The first-order valence-electron chi connectivity index (χ1n) is 8.17. The molecule has 5 heteroatoms. The van der Waals surface area contributed by atoms with Crippen molar-refractivity contribution in [2.24, 2.45) is 0 Å².